The number of rotatable bonds is 4. The summed E-state index contributed by atoms with van der Waals surface area (Å²) in [6, 6.07) is 5.65. The molecule has 32 heavy (non-hydrogen) atoms. The highest BCUT2D eigenvalue weighted by molar-refractivity contribution is 6.09. The summed E-state index contributed by atoms with van der Waals surface area (Å²) in [5.74, 6) is 1.54. The number of amides is 1. The van der Waals surface area contributed by atoms with Crippen LogP contribution in [0.2, 0.25) is 0 Å². The van der Waals surface area contributed by atoms with Gasteiger partial charge in [-0.15, -0.1) is 0 Å². The summed E-state index contributed by atoms with van der Waals surface area (Å²) in [7, 11) is 4.65. The first-order valence-electron chi connectivity index (χ1n) is 10.5. The predicted octanol–water partition coefficient (Wildman–Crippen LogP) is 3.32. The highest BCUT2D eigenvalue weighted by atomic mass is 16.5. The highest BCUT2D eigenvalue weighted by Gasteiger charge is 2.67. The van der Waals surface area contributed by atoms with Crippen molar-refractivity contribution in [2.45, 2.75) is 18.8 Å². The van der Waals surface area contributed by atoms with E-state index in [0.717, 1.165) is 28.8 Å². The summed E-state index contributed by atoms with van der Waals surface area (Å²) in [4.78, 5) is 34.5. The molecule has 3 aromatic rings. The van der Waals surface area contributed by atoms with Crippen LogP contribution in [0.3, 0.4) is 0 Å². The lowest BCUT2D eigenvalue weighted by molar-refractivity contribution is 0.0806. The van der Waals surface area contributed by atoms with E-state index in [1.807, 2.05) is 13.0 Å². The Hall–Kier alpha value is -3.68. The number of benzene rings is 1. The van der Waals surface area contributed by atoms with Crippen molar-refractivity contribution < 1.29 is 23.8 Å². The number of carbonyl (C=O) groups excluding carboxylic acids is 2. The molecule has 1 saturated heterocycles. The second-order valence-electron chi connectivity index (χ2n) is 8.72. The van der Waals surface area contributed by atoms with Crippen molar-refractivity contribution in [2.24, 2.45) is 5.92 Å². The quantitative estimate of drug-likeness (QED) is 0.658. The number of H-pyrrole nitrogens is 2. The molecule has 3 aliphatic rings. The van der Waals surface area contributed by atoms with Crippen LogP contribution in [-0.2, 0) is 5.41 Å². The second kappa shape index (κ2) is 6.18. The first-order chi connectivity index (χ1) is 15.4. The van der Waals surface area contributed by atoms with Crippen molar-refractivity contribution in [3.63, 3.8) is 0 Å². The molecule has 1 aliphatic heterocycles. The number of fused-ring (bicyclic) bond motifs is 2. The Bertz CT molecular complexity index is 1360. The Morgan fingerprint density at radius 1 is 1.09 bits per heavy atom. The van der Waals surface area contributed by atoms with Gasteiger partial charge in [0.25, 0.3) is 5.91 Å². The maximum Gasteiger partial charge on any atom is 0.274 e. The molecule has 8 nitrogen and oxygen atoms in total. The smallest absolute Gasteiger partial charge is 0.274 e. The lowest BCUT2D eigenvalue weighted by Crippen LogP contribution is -2.33. The van der Waals surface area contributed by atoms with E-state index in [9.17, 15) is 9.59 Å². The first kappa shape index (κ1) is 19.0. The Balaban J connectivity index is 1.42. The number of hydrogen-bond donors (Lipinski definition) is 2. The molecule has 2 fully saturated rings. The number of ether oxygens (including phenoxy) is 3. The molecule has 6 rings (SSSR count). The number of methoxy groups -OCH3 is 3. The van der Waals surface area contributed by atoms with Crippen LogP contribution < -0.4 is 14.2 Å². The largest absolute Gasteiger partial charge is 0.493 e. The molecule has 2 atom stereocenters. The van der Waals surface area contributed by atoms with Gasteiger partial charge < -0.3 is 29.1 Å². The molecule has 164 valence electrons. The summed E-state index contributed by atoms with van der Waals surface area (Å²) in [5.41, 5.74) is 4.33. The summed E-state index contributed by atoms with van der Waals surface area (Å²) < 4.78 is 16.4. The van der Waals surface area contributed by atoms with Crippen molar-refractivity contribution in [2.75, 3.05) is 27.9 Å². The van der Waals surface area contributed by atoms with Gasteiger partial charge in [-0.05, 0) is 43.0 Å². The van der Waals surface area contributed by atoms with Crippen LogP contribution in [0.25, 0.3) is 10.9 Å². The van der Waals surface area contributed by atoms with Gasteiger partial charge >= 0.3 is 0 Å². The van der Waals surface area contributed by atoms with Gasteiger partial charge in [-0.3, -0.25) is 9.59 Å². The normalized spacial score (nSPS) is 22.9. The number of aromatic nitrogens is 2. The number of piperidine rings is 1. The molecule has 1 aromatic carbocycles. The van der Waals surface area contributed by atoms with Crippen LogP contribution in [0.15, 0.2) is 30.0 Å². The molecular formula is C24H23N3O5. The predicted molar refractivity (Wildman–Crippen MR) is 117 cm³/mol. The van der Waals surface area contributed by atoms with Crippen LogP contribution in [0.4, 0.5) is 0 Å². The average Bonchev–Trinajstić information content (AvgIpc) is 3.09. The molecule has 1 spiro atoms. The van der Waals surface area contributed by atoms with Crippen molar-refractivity contribution in [3.8, 4) is 17.2 Å². The number of aromatic amines is 2. The van der Waals surface area contributed by atoms with E-state index in [4.69, 9.17) is 14.2 Å². The highest BCUT2D eigenvalue weighted by Crippen LogP contribution is 2.66. The van der Waals surface area contributed by atoms with E-state index in [1.165, 1.54) is 0 Å². The monoisotopic (exact) mass is 433 g/mol. The number of carbonyl (C=O) groups is 2. The molecule has 2 N–H and O–H groups in total. The third kappa shape index (κ3) is 2.21. The first-order valence-corrected chi connectivity index (χ1v) is 10.5. The van der Waals surface area contributed by atoms with Gasteiger partial charge in [0.15, 0.2) is 11.5 Å². The minimum absolute atomic E-state index is 0.0770. The zero-order chi connectivity index (χ0) is 22.4. The van der Waals surface area contributed by atoms with Gasteiger partial charge in [0.2, 0.25) is 11.5 Å². The maximum absolute atomic E-state index is 13.6. The summed E-state index contributed by atoms with van der Waals surface area (Å²) in [6.45, 7) is 2.55. The number of allylic oxidation sites excluding steroid dienone is 2. The van der Waals surface area contributed by atoms with Crippen LogP contribution in [-0.4, -0.2) is 54.4 Å². The lowest BCUT2D eigenvalue weighted by Gasteiger charge is -2.27. The molecule has 1 saturated carbocycles. The van der Waals surface area contributed by atoms with Gasteiger partial charge in [0, 0.05) is 34.8 Å². The van der Waals surface area contributed by atoms with Gasteiger partial charge in [0.05, 0.1) is 32.5 Å². The van der Waals surface area contributed by atoms with E-state index in [0.29, 0.717) is 46.6 Å². The third-order valence-electron chi connectivity index (χ3n) is 7.10. The van der Waals surface area contributed by atoms with E-state index in [2.05, 4.69) is 16.0 Å². The van der Waals surface area contributed by atoms with Crippen molar-refractivity contribution in [3.05, 3.63) is 52.6 Å². The molecule has 3 heterocycles. The molecule has 0 radical (unpaired) electrons. The van der Waals surface area contributed by atoms with Crippen molar-refractivity contribution in [1.82, 2.24) is 14.9 Å². The van der Waals surface area contributed by atoms with Gasteiger partial charge in [0.1, 0.15) is 5.69 Å². The third-order valence-corrected chi connectivity index (χ3v) is 7.10. The molecule has 2 aromatic heterocycles. The van der Waals surface area contributed by atoms with E-state index in [1.54, 1.807) is 38.4 Å². The number of hydrogen-bond acceptors (Lipinski definition) is 5. The van der Waals surface area contributed by atoms with Crippen LogP contribution >= 0.6 is 0 Å². The number of aryl methyl sites for hydroxylation is 1. The fourth-order valence-electron chi connectivity index (χ4n) is 5.63. The fraction of sp³-hybridized carbons (Fsp3) is 0.333. The van der Waals surface area contributed by atoms with Gasteiger partial charge in [-0.2, -0.15) is 0 Å². The Kier molecular flexibility index (Phi) is 3.68. The zero-order valence-corrected chi connectivity index (χ0v) is 18.3. The summed E-state index contributed by atoms with van der Waals surface area (Å²) in [5, 5.41) is 0.777. The van der Waals surface area contributed by atoms with Crippen molar-refractivity contribution in [1.29, 1.82) is 0 Å². The number of nitrogens with zero attached hydrogens (tertiary/aromatic N) is 1. The fourth-order valence-corrected chi connectivity index (χ4v) is 5.63. The topological polar surface area (TPSA) is 96.7 Å². The molecule has 8 heteroatoms. The Morgan fingerprint density at radius 2 is 1.88 bits per heavy atom. The average molecular weight is 433 g/mol. The number of ketones is 1. The van der Waals surface area contributed by atoms with Crippen LogP contribution in [0.1, 0.15) is 38.7 Å². The Morgan fingerprint density at radius 3 is 2.59 bits per heavy atom. The molecule has 2 aliphatic carbocycles. The molecular weight excluding hydrogens is 410 g/mol. The Labute approximate surface area is 184 Å². The number of nitrogens with one attached hydrogen (secondary N) is 2. The summed E-state index contributed by atoms with van der Waals surface area (Å²) in [6.07, 6.45) is 2.60. The minimum Gasteiger partial charge on any atom is -0.493 e. The summed E-state index contributed by atoms with van der Waals surface area (Å²) >= 11 is 0. The maximum atomic E-state index is 13.6. The standard InChI is InChI=1S/C24H23N3O5/c1-11-5-14-20(25-11)16(28)8-18-24(14)9-13(24)10-27(18)23(29)15-6-12-7-17(30-2)21(31-3)22(32-4)19(12)26-15/h5-8,13,25-26H,9-10H2,1-4H3/t13-,24?/m1/s1. The minimum atomic E-state index is -0.222. The molecule has 0 bridgehead atoms. The van der Waals surface area contributed by atoms with E-state index in [-0.39, 0.29) is 17.1 Å². The van der Waals surface area contributed by atoms with Crippen molar-refractivity contribution >= 4 is 22.6 Å². The van der Waals surface area contributed by atoms with Gasteiger partial charge in [-0.25, -0.2) is 0 Å². The second-order valence-corrected chi connectivity index (χ2v) is 8.72. The van der Waals surface area contributed by atoms with E-state index >= 15 is 0 Å². The molecule has 1 unspecified atom stereocenters. The van der Waals surface area contributed by atoms with Gasteiger partial charge in [-0.1, -0.05) is 0 Å². The van der Waals surface area contributed by atoms with E-state index < -0.39 is 0 Å². The van der Waals surface area contributed by atoms with Crippen LogP contribution in [0.5, 0.6) is 17.2 Å². The lowest BCUT2D eigenvalue weighted by atomic mass is 9.85. The number of likely N-dealkylation sites (tertiary alicyclic amines) is 1. The SMILES string of the molecule is COc1cc2cc(C(=O)N3C[C@H]4CC45C3=CC(=O)c3[nH]c(C)cc35)[nH]c2c(OC)c1OC. The van der Waals surface area contributed by atoms with Crippen LogP contribution in [0, 0.1) is 12.8 Å². The molecule has 1 amide bonds. The zero-order valence-electron chi connectivity index (χ0n) is 18.3.